The summed E-state index contributed by atoms with van der Waals surface area (Å²) in [5.41, 5.74) is 2.74. The van der Waals surface area contributed by atoms with E-state index in [0.717, 1.165) is 24.8 Å². The van der Waals surface area contributed by atoms with Gasteiger partial charge in [-0.1, -0.05) is 24.3 Å². The number of ether oxygens (including phenoxy) is 1. The molecule has 1 aliphatic carbocycles. The molecule has 1 aliphatic rings. The van der Waals surface area contributed by atoms with Gasteiger partial charge in [0.15, 0.2) is 0 Å². The Labute approximate surface area is 160 Å². The van der Waals surface area contributed by atoms with Crippen LogP contribution in [-0.4, -0.2) is 40.4 Å². The first-order valence-electron chi connectivity index (χ1n) is 8.85. The fourth-order valence-electron chi connectivity index (χ4n) is 3.61. The quantitative estimate of drug-likeness (QED) is 0.855. The number of aryl methyl sites for hydroxylation is 1. The van der Waals surface area contributed by atoms with E-state index in [2.05, 4.69) is 16.9 Å². The number of fused-ring (bicyclic) bond motifs is 1. The zero-order valence-corrected chi connectivity index (χ0v) is 16.5. The summed E-state index contributed by atoms with van der Waals surface area (Å²) in [6.45, 7) is 0. The van der Waals surface area contributed by atoms with Crippen molar-refractivity contribution in [3.05, 3.63) is 59.2 Å². The van der Waals surface area contributed by atoms with E-state index in [1.165, 1.54) is 31.9 Å². The topological polar surface area (TPSA) is 75.7 Å². The number of amides is 1. The summed E-state index contributed by atoms with van der Waals surface area (Å²) in [4.78, 5) is 14.7. The van der Waals surface area contributed by atoms with E-state index >= 15 is 0 Å². The zero-order valence-electron chi connectivity index (χ0n) is 15.7. The Bertz CT molecular complexity index is 956. The van der Waals surface area contributed by atoms with E-state index < -0.39 is 10.0 Å². The number of methoxy groups -OCH3 is 1. The summed E-state index contributed by atoms with van der Waals surface area (Å²) >= 11 is 0. The molecule has 0 aromatic heterocycles. The van der Waals surface area contributed by atoms with Crippen molar-refractivity contribution in [1.82, 2.24) is 9.62 Å². The lowest BCUT2D eigenvalue weighted by Gasteiger charge is -2.33. The molecule has 7 heteroatoms. The maximum Gasteiger partial charge on any atom is 0.254 e. The summed E-state index contributed by atoms with van der Waals surface area (Å²) in [6, 6.07) is 12.6. The van der Waals surface area contributed by atoms with Crippen molar-refractivity contribution in [2.24, 2.45) is 0 Å². The van der Waals surface area contributed by atoms with Crippen molar-refractivity contribution in [3.63, 3.8) is 0 Å². The number of nitrogens with one attached hydrogen (secondary N) is 1. The van der Waals surface area contributed by atoms with Crippen molar-refractivity contribution in [2.45, 2.75) is 30.2 Å². The number of nitrogens with zero attached hydrogens (tertiary/aromatic N) is 1. The molecule has 27 heavy (non-hydrogen) atoms. The first-order valence-corrected chi connectivity index (χ1v) is 10.3. The SMILES string of the molecule is CNS(=O)(=O)c1cc(C(=O)N(C)[C@H]2CCCc3ccccc32)ccc1OC. The Hall–Kier alpha value is -2.38. The van der Waals surface area contributed by atoms with Crippen LogP contribution in [0.5, 0.6) is 5.75 Å². The summed E-state index contributed by atoms with van der Waals surface area (Å²) in [5.74, 6) is -0.0153. The van der Waals surface area contributed by atoms with Gasteiger partial charge in [0, 0.05) is 12.6 Å². The molecule has 1 N–H and O–H groups in total. The number of hydrogen-bond donors (Lipinski definition) is 1. The molecule has 0 heterocycles. The molecule has 2 aromatic carbocycles. The third-order valence-corrected chi connectivity index (χ3v) is 6.53. The van der Waals surface area contributed by atoms with Crippen LogP contribution in [-0.2, 0) is 16.4 Å². The zero-order chi connectivity index (χ0) is 19.6. The number of carbonyl (C=O) groups is 1. The monoisotopic (exact) mass is 388 g/mol. The predicted molar refractivity (Wildman–Crippen MR) is 103 cm³/mol. The normalized spacial score (nSPS) is 16.5. The van der Waals surface area contributed by atoms with Crippen molar-refractivity contribution < 1.29 is 17.9 Å². The van der Waals surface area contributed by atoms with Crippen LogP contribution in [0.4, 0.5) is 0 Å². The van der Waals surface area contributed by atoms with Gasteiger partial charge >= 0.3 is 0 Å². The Kier molecular flexibility index (Phi) is 5.53. The first-order chi connectivity index (χ1) is 12.9. The van der Waals surface area contributed by atoms with Gasteiger partial charge in [0.2, 0.25) is 10.0 Å². The minimum absolute atomic E-state index is 0.0195. The molecular weight excluding hydrogens is 364 g/mol. The Morgan fingerprint density at radius 1 is 1.22 bits per heavy atom. The number of rotatable bonds is 5. The van der Waals surface area contributed by atoms with Crippen LogP contribution in [0.15, 0.2) is 47.4 Å². The number of benzene rings is 2. The Morgan fingerprint density at radius 3 is 2.67 bits per heavy atom. The van der Waals surface area contributed by atoms with E-state index in [1.807, 2.05) is 12.1 Å². The van der Waals surface area contributed by atoms with Gasteiger partial charge < -0.3 is 9.64 Å². The number of sulfonamides is 1. The van der Waals surface area contributed by atoms with Gasteiger partial charge in [0.05, 0.1) is 13.2 Å². The van der Waals surface area contributed by atoms with Crippen molar-refractivity contribution in [1.29, 1.82) is 0 Å². The fourth-order valence-corrected chi connectivity index (χ4v) is 4.52. The molecule has 0 fully saturated rings. The van der Waals surface area contributed by atoms with Crippen LogP contribution in [0.25, 0.3) is 0 Å². The second-order valence-electron chi connectivity index (χ2n) is 6.60. The fraction of sp³-hybridized carbons (Fsp3) is 0.350. The van der Waals surface area contributed by atoms with Gasteiger partial charge in [-0.25, -0.2) is 13.1 Å². The van der Waals surface area contributed by atoms with Crippen LogP contribution in [0.2, 0.25) is 0 Å². The van der Waals surface area contributed by atoms with Crippen molar-refractivity contribution in [3.8, 4) is 5.75 Å². The van der Waals surface area contributed by atoms with E-state index in [9.17, 15) is 13.2 Å². The molecule has 0 spiro atoms. The van der Waals surface area contributed by atoms with Gasteiger partial charge in [-0.05, 0) is 55.6 Å². The highest BCUT2D eigenvalue weighted by atomic mass is 32.2. The third kappa shape index (κ3) is 3.70. The molecule has 0 saturated carbocycles. The van der Waals surface area contributed by atoms with Gasteiger partial charge in [-0.2, -0.15) is 0 Å². The van der Waals surface area contributed by atoms with Gasteiger partial charge in [-0.15, -0.1) is 0 Å². The lowest BCUT2D eigenvalue weighted by molar-refractivity contribution is 0.0715. The highest BCUT2D eigenvalue weighted by Crippen LogP contribution is 2.34. The average molecular weight is 388 g/mol. The van der Waals surface area contributed by atoms with Crippen LogP contribution in [0.3, 0.4) is 0 Å². The molecule has 6 nitrogen and oxygen atoms in total. The molecule has 144 valence electrons. The maximum atomic E-state index is 13.1. The second-order valence-corrected chi connectivity index (χ2v) is 8.45. The lowest BCUT2D eigenvalue weighted by Crippen LogP contribution is -2.33. The van der Waals surface area contributed by atoms with Crippen LogP contribution >= 0.6 is 0 Å². The molecule has 0 aliphatic heterocycles. The van der Waals surface area contributed by atoms with Crippen LogP contribution in [0, 0.1) is 0 Å². The standard InChI is InChI=1S/C20H24N2O4S/c1-21-27(24,25)19-13-15(11-12-18(19)26-3)20(23)22(2)17-10-6-8-14-7-4-5-9-16(14)17/h4-5,7,9,11-13,17,21H,6,8,10H2,1-3H3/t17-/m0/s1. The minimum atomic E-state index is -3.74. The van der Waals surface area contributed by atoms with E-state index in [0.29, 0.717) is 5.56 Å². The number of hydrogen-bond acceptors (Lipinski definition) is 4. The van der Waals surface area contributed by atoms with Crippen molar-refractivity contribution in [2.75, 3.05) is 21.2 Å². The minimum Gasteiger partial charge on any atom is -0.495 e. The highest BCUT2D eigenvalue weighted by molar-refractivity contribution is 7.89. The molecule has 2 aromatic rings. The highest BCUT2D eigenvalue weighted by Gasteiger charge is 2.28. The summed E-state index contributed by atoms with van der Waals surface area (Å²) < 4.78 is 32.0. The van der Waals surface area contributed by atoms with E-state index in [4.69, 9.17) is 4.74 Å². The Balaban J connectivity index is 1.96. The molecule has 1 amide bonds. The molecular formula is C20H24N2O4S. The molecule has 1 atom stereocenters. The summed E-state index contributed by atoms with van der Waals surface area (Å²) in [7, 11) is 0.755. The lowest BCUT2D eigenvalue weighted by atomic mass is 9.87. The molecule has 0 unspecified atom stereocenters. The summed E-state index contributed by atoms with van der Waals surface area (Å²) in [6.07, 6.45) is 2.92. The van der Waals surface area contributed by atoms with Crippen molar-refractivity contribution >= 4 is 15.9 Å². The summed E-state index contributed by atoms with van der Waals surface area (Å²) in [5, 5.41) is 0. The molecule has 0 bridgehead atoms. The maximum absolute atomic E-state index is 13.1. The molecule has 3 rings (SSSR count). The van der Waals surface area contributed by atoms with Crippen LogP contribution in [0.1, 0.15) is 40.4 Å². The molecule has 0 radical (unpaired) electrons. The molecule has 0 saturated heterocycles. The average Bonchev–Trinajstić information content (AvgIpc) is 2.71. The second kappa shape index (κ2) is 7.70. The third-order valence-electron chi connectivity index (χ3n) is 5.09. The van der Waals surface area contributed by atoms with Crippen LogP contribution < -0.4 is 9.46 Å². The number of carbonyl (C=O) groups excluding carboxylic acids is 1. The first kappa shape index (κ1) is 19.4. The van der Waals surface area contributed by atoms with Gasteiger partial charge in [-0.3, -0.25) is 4.79 Å². The van der Waals surface area contributed by atoms with Gasteiger partial charge in [0.1, 0.15) is 10.6 Å². The largest absolute Gasteiger partial charge is 0.495 e. The van der Waals surface area contributed by atoms with E-state index in [1.54, 1.807) is 18.0 Å². The Morgan fingerprint density at radius 2 is 1.96 bits per heavy atom. The predicted octanol–water partition coefficient (Wildman–Crippen LogP) is 2.75. The van der Waals surface area contributed by atoms with E-state index in [-0.39, 0.29) is 22.6 Å². The van der Waals surface area contributed by atoms with Gasteiger partial charge in [0.25, 0.3) is 5.91 Å². The smallest absolute Gasteiger partial charge is 0.254 e.